The van der Waals surface area contributed by atoms with E-state index in [9.17, 15) is 0 Å². The number of nitrogens with zero attached hydrogens (tertiary/aromatic N) is 2. The summed E-state index contributed by atoms with van der Waals surface area (Å²) in [6, 6.07) is 18.4. The van der Waals surface area contributed by atoms with Crippen molar-refractivity contribution in [2.75, 3.05) is 13.1 Å². The third-order valence-electron chi connectivity index (χ3n) is 5.36. The lowest BCUT2D eigenvalue weighted by Crippen LogP contribution is -3.09. The van der Waals surface area contributed by atoms with E-state index in [-0.39, 0.29) is 0 Å². The number of fused-ring (bicyclic) bond motifs is 3. The molecule has 4 nitrogen and oxygen atoms in total. The number of hydrogen-bond donors (Lipinski definition) is 1. The van der Waals surface area contributed by atoms with Crippen LogP contribution in [0.15, 0.2) is 59.0 Å². The molecule has 0 bridgehead atoms. The normalized spacial score (nSPS) is 20.7. The van der Waals surface area contributed by atoms with Crippen LogP contribution in [-0.4, -0.2) is 23.1 Å². The van der Waals surface area contributed by atoms with E-state index < -0.39 is 0 Å². The molecule has 2 aromatic heterocycles. The van der Waals surface area contributed by atoms with Gasteiger partial charge < -0.3 is 4.42 Å². The van der Waals surface area contributed by atoms with Crippen molar-refractivity contribution in [3.63, 3.8) is 0 Å². The molecule has 2 atom stereocenters. The van der Waals surface area contributed by atoms with Gasteiger partial charge in [0.15, 0.2) is 5.82 Å². The van der Waals surface area contributed by atoms with Crippen molar-refractivity contribution in [2.45, 2.75) is 19.8 Å². The van der Waals surface area contributed by atoms with Crippen molar-refractivity contribution in [1.29, 1.82) is 0 Å². The van der Waals surface area contributed by atoms with Crippen LogP contribution in [-0.2, 0) is 0 Å². The lowest BCUT2D eigenvalue weighted by Gasteiger charge is -2.26. The summed E-state index contributed by atoms with van der Waals surface area (Å²) in [4.78, 5) is 11.3. The van der Waals surface area contributed by atoms with E-state index in [1.807, 2.05) is 36.4 Å². The molecule has 0 radical (unpaired) electrons. The standard InChI is InChI=1S/C22H21N3O/c1-15-8-7-13-25(14-15)22-20-19(17-11-5-6-12-18(17)26-20)23-21(24-22)16-9-3-2-4-10-16/h2-6,9-12,15H,7-8,13-14H2,1H3/p+1. The number of aromatic nitrogens is 2. The van der Waals surface area contributed by atoms with Crippen LogP contribution >= 0.6 is 0 Å². The van der Waals surface area contributed by atoms with Crippen molar-refractivity contribution in [2.24, 2.45) is 5.92 Å². The minimum absolute atomic E-state index is 0.702. The van der Waals surface area contributed by atoms with Crippen LogP contribution in [0.2, 0.25) is 0 Å². The molecule has 130 valence electrons. The second-order valence-corrected chi connectivity index (χ2v) is 7.34. The molecular weight excluding hydrogens is 322 g/mol. The fourth-order valence-corrected chi connectivity index (χ4v) is 4.05. The first-order valence-electron chi connectivity index (χ1n) is 9.39. The topological polar surface area (TPSA) is 43.4 Å². The lowest BCUT2D eigenvalue weighted by atomic mass is 10.0. The van der Waals surface area contributed by atoms with Crippen LogP contribution in [0, 0.1) is 5.92 Å². The fraction of sp³-hybridized carbons (Fsp3) is 0.273. The predicted molar refractivity (Wildman–Crippen MR) is 104 cm³/mol. The van der Waals surface area contributed by atoms with Gasteiger partial charge in [-0.05, 0) is 25.0 Å². The molecule has 5 rings (SSSR count). The number of piperidine rings is 1. The molecule has 26 heavy (non-hydrogen) atoms. The molecule has 0 amide bonds. The van der Waals surface area contributed by atoms with Gasteiger partial charge in [-0.2, -0.15) is 4.98 Å². The van der Waals surface area contributed by atoms with Gasteiger partial charge in [-0.3, -0.25) is 4.90 Å². The Kier molecular flexibility index (Phi) is 3.71. The van der Waals surface area contributed by atoms with Crippen LogP contribution in [0.3, 0.4) is 0 Å². The summed E-state index contributed by atoms with van der Waals surface area (Å²) in [7, 11) is 0. The zero-order chi connectivity index (χ0) is 17.5. The first-order valence-corrected chi connectivity index (χ1v) is 9.39. The van der Waals surface area contributed by atoms with Crippen molar-refractivity contribution >= 4 is 27.9 Å². The molecule has 1 fully saturated rings. The van der Waals surface area contributed by atoms with Gasteiger partial charge >= 0.3 is 0 Å². The lowest BCUT2D eigenvalue weighted by molar-refractivity contribution is -0.844. The Bertz CT molecular complexity index is 1070. The number of benzene rings is 2. The van der Waals surface area contributed by atoms with Gasteiger partial charge in [0.2, 0.25) is 5.58 Å². The summed E-state index contributed by atoms with van der Waals surface area (Å²) < 4.78 is 6.22. The maximum absolute atomic E-state index is 6.22. The van der Waals surface area contributed by atoms with E-state index in [2.05, 4.69) is 25.1 Å². The highest BCUT2D eigenvalue weighted by atomic mass is 16.3. The maximum atomic E-state index is 6.22. The van der Waals surface area contributed by atoms with Crippen molar-refractivity contribution in [3.8, 4) is 11.4 Å². The average Bonchev–Trinajstić information content (AvgIpc) is 3.06. The Hall–Kier alpha value is -2.72. The van der Waals surface area contributed by atoms with Crippen molar-refractivity contribution in [1.82, 2.24) is 9.97 Å². The summed E-state index contributed by atoms with van der Waals surface area (Å²) in [5.41, 5.74) is 3.70. The zero-order valence-corrected chi connectivity index (χ0v) is 14.9. The van der Waals surface area contributed by atoms with E-state index in [1.165, 1.54) is 17.7 Å². The summed E-state index contributed by atoms with van der Waals surface area (Å²) in [5.74, 6) is 2.50. The molecular formula is C22H22N3O+. The van der Waals surface area contributed by atoms with Crippen LogP contribution in [0.4, 0.5) is 5.82 Å². The zero-order valence-electron chi connectivity index (χ0n) is 14.9. The van der Waals surface area contributed by atoms with Gasteiger partial charge in [-0.15, -0.1) is 0 Å². The first kappa shape index (κ1) is 15.5. The SMILES string of the molecule is CC1CCC[NH+](c2nc(-c3ccccc3)nc3c2oc2ccccc23)C1. The Morgan fingerprint density at radius 1 is 1.00 bits per heavy atom. The van der Waals surface area contributed by atoms with E-state index in [4.69, 9.17) is 14.4 Å². The van der Waals surface area contributed by atoms with E-state index in [0.717, 1.165) is 52.4 Å². The molecule has 0 aliphatic carbocycles. The van der Waals surface area contributed by atoms with Crippen LogP contribution < -0.4 is 4.90 Å². The molecule has 4 heteroatoms. The second-order valence-electron chi connectivity index (χ2n) is 7.34. The van der Waals surface area contributed by atoms with Crippen LogP contribution in [0.1, 0.15) is 19.8 Å². The van der Waals surface area contributed by atoms with Crippen molar-refractivity contribution < 1.29 is 9.32 Å². The minimum atomic E-state index is 0.702. The molecule has 3 heterocycles. The summed E-state index contributed by atoms with van der Waals surface area (Å²) >= 11 is 0. The number of rotatable bonds is 2. The monoisotopic (exact) mass is 344 g/mol. The van der Waals surface area contributed by atoms with Gasteiger partial charge in [-0.1, -0.05) is 49.4 Å². The predicted octanol–water partition coefficient (Wildman–Crippen LogP) is 3.99. The highest BCUT2D eigenvalue weighted by Crippen LogP contribution is 2.32. The highest BCUT2D eigenvalue weighted by Gasteiger charge is 2.28. The molecule has 1 aliphatic rings. The van der Waals surface area contributed by atoms with E-state index >= 15 is 0 Å². The third kappa shape index (κ3) is 2.58. The largest absolute Gasteiger partial charge is 0.446 e. The molecule has 1 aliphatic heterocycles. The maximum Gasteiger partial charge on any atom is 0.273 e. The van der Waals surface area contributed by atoms with E-state index in [1.54, 1.807) is 0 Å². The van der Waals surface area contributed by atoms with Gasteiger partial charge in [0.05, 0.1) is 13.1 Å². The number of quaternary nitrogens is 1. The van der Waals surface area contributed by atoms with Gasteiger partial charge in [0.25, 0.3) is 5.82 Å². The molecule has 0 spiro atoms. The Labute approximate surface area is 152 Å². The first-order chi connectivity index (χ1) is 12.8. The Balaban J connectivity index is 1.78. The Morgan fingerprint density at radius 3 is 2.65 bits per heavy atom. The molecule has 4 aromatic rings. The second kappa shape index (κ2) is 6.22. The molecule has 0 saturated carbocycles. The van der Waals surface area contributed by atoms with Gasteiger partial charge in [-0.25, -0.2) is 4.98 Å². The molecule has 1 N–H and O–H groups in total. The summed E-state index contributed by atoms with van der Waals surface area (Å²) in [6.45, 7) is 4.52. The number of nitrogens with one attached hydrogen (secondary N) is 1. The molecule has 2 unspecified atom stereocenters. The fourth-order valence-electron chi connectivity index (χ4n) is 4.05. The van der Waals surface area contributed by atoms with Crippen molar-refractivity contribution in [3.05, 3.63) is 54.6 Å². The number of para-hydroxylation sites is 1. The van der Waals surface area contributed by atoms with E-state index in [0.29, 0.717) is 5.92 Å². The number of furan rings is 1. The third-order valence-corrected chi connectivity index (χ3v) is 5.36. The van der Waals surface area contributed by atoms with Gasteiger partial charge in [0.1, 0.15) is 11.1 Å². The Morgan fingerprint density at radius 2 is 1.81 bits per heavy atom. The van der Waals surface area contributed by atoms with Crippen LogP contribution in [0.25, 0.3) is 33.5 Å². The molecule has 2 aromatic carbocycles. The minimum Gasteiger partial charge on any atom is -0.446 e. The summed E-state index contributed by atoms with van der Waals surface area (Å²) in [6.07, 6.45) is 2.52. The summed E-state index contributed by atoms with van der Waals surface area (Å²) in [5, 5.41) is 1.06. The van der Waals surface area contributed by atoms with Gasteiger partial charge in [0, 0.05) is 16.9 Å². The quantitative estimate of drug-likeness (QED) is 0.598. The van der Waals surface area contributed by atoms with Crippen LogP contribution in [0.5, 0.6) is 0 Å². The molecule has 1 saturated heterocycles. The smallest absolute Gasteiger partial charge is 0.273 e. The average molecular weight is 344 g/mol. The highest BCUT2D eigenvalue weighted by molar-refractivity contribution is 6.05. The number of hydrogen-bond acceptors (Lipinski definition) is 3.